The zero-order valence-corrected chi connectivity index (χ0v) is 14.2. The van der Waals surface area contributed by atoms with Gasteiger partial charge in [-0.15, -0.1) is 0 Å². The summed E-state index contributed by atoms with van der Waals surface area (Å²) in [5.74, 6) is -1.18. The van der Waals surface area contributed by atoms with Crippen molar-refractivity contribution >= 4 is 34.5 Å². The van der Waals surface area contributed by atoms with E-state index < -0.39 is 30.1 Å². The van der Waals surface area contributed by atoms with Gasteiger partial charge in [0.1, 0.15) is 5.82 Å². The van der Waals surface area contributed by atoms with E-state index in [1.807, 2.05) is 27.7 Å². The molecule has 0 unspecified atom stereocenters. The fraction of sp³-hybridized carbons (Fsp3) is 0.500. The Hall–Kier alpha value is -0.915. The van der Waals surface area contributed by atoms with Gasteiger partial charge in [0.05, 0.1) is 28.3 Å². The smallest absolute Gasteiger partial charge is 0.465 e. The highest BCUT2D eigenvalue weighted by Crippen LogP contribution is 2.37. The number of carbonyl (C=O) groups is 1. The third-order valence-corrected chi connectivity index (χ3v) is 4.82. The second-order valence-electron chi connectivity index (χ2n) is 5.94. The number of halogens is 2. The van der Waals surface area contributed by atoms with Crippen LogP contribution in [0.3, 0.4) is 0 Å². The number of hydrogen-bond donors (Lipinski definition) is 0. The molecule has 1 heterocycles. The minimum absolute atomic E-state index is 0.114. The Bertz CT molecular complexity index is 573. The van der Waals surface area contributed by atoms with E-state index in [-0.39, 0.29) is 10.0 Å². The van der Waals surface area contributed by atoms with Crippen LogP contribution in [0.5, 0.6) is 0 Å². The molecule has 1 aliphatic heterocycles. The van der Waals surface area contributed by atoms with Crippen molar-refractivity contribution in [2.24, 2.45) is 0 Å². The van der Waals surface area contributed by atoms with Crippen LogP contribution in [-0.2, 0) is 14.0 Å². The molecule has 1 aliphatic rings. The van der Waals surface area contributed by atoms with Crippen LogP contribution >= 0.6 is 15.9 Å². The lowest BCUT2D eigenvalue weighted by Gasteiger charge is -2.32. The summed E-state index contributed by atoms with van der Waals surface area (Å²) in [5.41, 5.74) is -0.555. The minimum atomic E-state index is -0.761. The lowest BCUT2D eigenvalue weighted by molar-refractivity contribution is 0.00578. The molecule has 1 fully saturated rings. The first-order chi connectivity index (χ1) is 9.59. The SMILES string of the molecule is COC(=O)c1cc(F)c(Br)c(B2OC(C)(C)C(C)(C)O2)c1. The average Bonchev–Trinajstić information content (AvgIpc) is 2.60. The molecule has 0 aromatic heterocycles. The highest BCUT2D eigenvalue weighted by atomic mass is 79.9. The molecule has 0 aliphatic carbocycles. The molecule has 0 amide bonds. The van der Waals surface area contributed by atoms with Gasteiger partial charge in [0, 0.05) is 5.46 Å². The van der Waals surface area contributed by atoms with E-state index in [1.165, 1.54) is 13.2 Å². The standard InChI is InChI=1S/C14H17BBrFO4/c1-13(2)14(3,4)21-15(20-13)9-6-8(12(18)19-5)7-10(17)11(9)16/h6-7H,1-5H3. The third kappa shape index (κ3) is 2.87. The third-order valence-electron chi connectivity index (χ3n) is 3.98. The molecule has 2 rings (SSSR count). The number of methoxy groups -OCH3 is 1. The maximum atomic E-state index is 14.0. The van der Waals surface area contributed by atoms with Crippen LogP contribution in [0.25, 0.3) is 0 Å². The molecular weight excluding hydrogens is 342 g/mol. The second-order valence-corrected chi connectivity index (χ2v) is 6.73. The van der Waals surface area contributed by atoms with Crippen molar-refractivity contribution in [2.45, 2.75) is 38.9 Å². The fourth-order valence-corrected chi connectivity index (χ4v) is 2.40. The van der Waals surface area contributed by atoms with Gasteiger partial charge in [-0.25, -0.2) is 9.18 Å². The lowest BCUT2D eigenvalue weighted by atomic mass is 9.78. The number of carbonyl (C=O) groups excluding carboxylic acids is 1. The first-order valence-corrected chi connectivity index (χ1v) is 7.31. The molecule has 0 bridgehead atoms. The number of esters is 1. The number of hydrogen-bond acceptors (Lipinski definition) is 4. The van der Waals surface area contributed by atoms with E-state index in [0.717, 1.165) is 6.07 Å². The summed E-state index contributed by atoms with van der Waals surface area (Å²) in [6, 6.07) is 2.63. The van der Waals surface area contributed by atoms with Crippen molar-refractivity contribution in [3.05, 3.63) is 28.0 Å². The zero-order valence-electron chi connectivity index (χ0n) is 12.6. The summed E-state index contributed by atoms with van der Waals surface area (Å²) in [7, 11) is 0.486. The topological polar surface area (TPSA) is 44.8 Å². The molecule has 0 spiro atoms. The second kappa shape index (κ2) is 5.37. The van der Waals surface area contributed by atoms with Gasteiger partial charge in [-0.2, -0.15) is 0 Å². The number of benzene rings is 1. The summed E-state index contributed by atoms with van der Waals surface area (Å²) >= 11 is 3.18. The molecule has 0 saturated carbocycles. The van der Waals surface area contributed by atoms with E-state index in [4.69, 9.17) is 9.31 Å². The first kappa shape index (κ1) is 16.5. The van der Waals surface area contributed by atoms with Gasteiger partial charge < -0.3 is 14.0 Å². The highest BCUT2D eigenvalue weighted by molar-refractivity contribution is 9.10. The van der Waals surface area contributed by atoms with E-state index in [1.54, 1.807) is 0 Å². The van der Waals surface area contributed by atoms with Crippen LogP contribution in [-0.4, -0.2) is 31.4 Å². The minimum Gasteiger partial charge on any atom is -0.465 e. The fourth-order valence-electron chi connectivity index (χ4n) is 1.99. The van der Waals surface area contributed by atoms with Crippen LogP contribution in [0.15, 0.2) is 16.6 Å². The van der Waals surface area contributed by atoms with Crippen LogP contribution in [0.4, 0.5) is 4.39 Å². The molecule has 0 N–H and O–H groups in total. The Morgan fingerprint density at radius 3 is 2.24 bits per heavy atom. The molecule has 4 nitrogen and oxygen atoms in total. The van der Waals surface area contributed by atoms with Crippen LogP contribution in [0.1, 0.15) is 38.1 Å². The van der Waals surface area contributed by atoms with Crippen LogP contribution in [0.2, 0.25) is 0 Å². The summed E-state index contributed by atoms with van der Waals surface area (Å²) < 4.78 is 30.6. The predicted octanol–water partition coefficient (Wildman–Crippen LogP) is 2.67. The molecule has 21 heavy (non-hydrogen) atoms. The van der Waals surface area contributed by atoms with Crippen LogP contribution in [0, 0.1) is 5.82 Å². The Morgan fingerprint density at radius 2 is 1.76 bits per heavy atom. The monoisotopic (exact) mass is 358 g/mol. The Balaban J connectivity index is 2.46. The van der Waals surface area contributed by atoms with Crippen molar-refractivity contribution in [1.29, 1.82) is 0 Å². The van der Waals surface area contributed by atoms with Gasteiger partial charge in [-0.1, -0.05) is 0 Å². The molecule has 1 aromatic rings. The van der Waals surface area contributed by atoms with E-state index in [0.29, 0.717) is 5.46 Å². The largest absolute Gasteiger partial charge is 0.496 e. The first-order valence-electron chi connectivity index (χ1n) is 6.52. The maximum absolute atomic E-state index is 14.0. The van der Waals surface area contributed by atoms with Gasteiger partial charge in [0.2, 0.25) is 0 Å². The normalized spacial score (nSPS) is 19.7. The average molecular weight is 359 g/mol. The Morgan fingerprint density at radius 1 is 1.24 bits per heavy atom. The van der Waals surface area contributed by atoms with E-state index in [9.17, 15) is 9.18 Å². The summed E-state index contributed by atoms with van der Waals surface area (Å²) in [6.07, 6.45) is 0. The molecule has 0 atom stereocenters. The highest BCUT2D eigenvalue weighted by Gasteiger charge is 2.52. The molecule has 0 radical (unpaired) electrons. The van der Waals surface area contributed by atoms with Crippen LogP contribution < -0.4 is 5.46 Å². The van der Waals surface area contributed by atoms with E-state index >= 15 is 0 Å². The van der Waals surface area contributed by atoms with Crippen molar-refractivity contribution in [3.8, 4) is 0 Å². The molecule has 7 heteroatoms. The summed E-state index contributed by atoms with van der Waals surface area (Å²) in [6.45, 7) is 7.62. The van der Waals surface area contributed by atoms with Gasteiger partial charge in [0.25, 0.3) is 0 Å². The molecular formula is C14H17BBrFO4. The summed E-state index contributed by atoms with van der Waals surface area (Å²) in [5, 5.41) is 0. The van der Waals surface area contributed by atoms with Crippen molar-refractivity contribution < 1.29 is 23.2 Å². The molecule has 1 saturated heterocycles. The quantitative estimate of drug-likeness (QED) is 0.602. The summed E-state index contributed by atoms with van der Waals surface area (Å²) in [4.78, 5) is 11.6. The Labute approximate surface area is 132 Å². The maximum Gasteiger partial charge on any atom is 0.496 e. The lowest BCUT2D eigenvalue weighted by Crippen LogP contribution is -2.41. The van der Waals surface area contributed by atoms with E-state index in [2.05, 4.69) is 20.7 Å². The number of ether oxygens (including phenoxy) is 1. The Kier molecular flexibility index (Phi) is 4.21. The van der Waals surface area contributed by atoms with Crippen molar-refractivity contribution in [2.75, 3.05) is 7.11 Å². The van der Waals surface area contributed by atoms with Gasteiger partial charge in [-0.05, 0) is 55.8 Å². The van der Waals surface area contributed by atoms with Gasteiger partial charge in [0.15, 0.2) is 0 Å². The molecule has 114 valence electrons. The predicted molar refractivity (Wildman–Crippen MR) is 81.2 cm³/mol. The van der Waals surface area contributed by atoms with Gasteiger partial charge in [-0.3, -0.25) is 0 Å². The van der Waals surface area contributed by atoms with Gasteiger partial charge >= 0.3 is 13.1 Å². The molecule has 1 aromatic carbocycles. The van der Waals surface area contributed by atoms with Crippen molar-refractivity contribution in [1.82, 2.24) is 0 Å². The van der Waals surface area contributed by atoms with Crippen molar-refractivity contribution in [3.63, 3.8) is 0 Å². The zero-order chi connectivity index (χ0) is 16.0. The number of rotatable bonds is 2.